The van der Waals surface area contributed by atoms with E-state index in [0.29, 0.717) is 36.2 Å². The number of hydrogen-bond acceptors (Lipinski definition) is 5. The molecule has 2 N–H and O–H groups in total. The number of pyridine rings is 1. The molecule has 0 aromatic carbocycles. The first-order valence-electron chi connectivity index (χ1n) is 9.43. The van der Waals surface area contributed by atoms with E-state index in [1.165, 1.54) is 12.3 Å². The maximum absolute atomic E-state index is 15.5. The van der Waals surface area contributed by atoms with Gasteiger partial charge in [0.25, 0.3) is 11.8 Å². The molecule has 6 rings (SSSR count). The minimum absolute atomic E-state index is 0.0296. The van der Waals surface area contributed by atoms with E-state index >= 15 is 4.39 Å². The summed E-state index contributed by atoms with van der Waals surface area (Å²) < 4.78 is 21.0. The summed E-state index contributed by atoms with van der Waals surface area (Å²) in [6, 6.07) is 1.42. The van der Waals surface area contributed by atoms with Crippen LogP contribution in [0, 0.1) is 5.82 Å². The van der Waals surface area contributed by atoms with Crippen LogP contribution in [0.25, 0.3) is 11.3 Å². The van der Waals surface area contributed by atoms with Crippen molar-refractivity contribution in [3.8, 4) is 23.1 Å². The molecule has 0 saturated heterocycles. The van der Waals surface area contributed by atoms with E-state index in [4.69, 9.17) is 16.3 Å². The van der Waals surface area contributed by atoms with Gasteiger partial charge in [-0.2, -0.15) is 4.98 Å². The Morgan fingerprint density at radius 1 is 1.21 bits per heavy atom. The number of aromatic nitrogens is 4. The molecule has 3 aromatic rings. The zero-order valence-corrected chi connectivity index (χ0v) is 15.9. The fourth-order valence-corrected chi connectivity index (χ4v) is 4.54. The maximum atomic E-state index is 15.5. The van der Waals surface area contributed by atoms with E-state index < -0.39 is 5.82 Å². The van der Waals surface area contributed by atoms with E-state index in [1.807, 2.05) is 0 Å². The van der Waals surface area contributed by atoms with E-state index in [0.717, 1.165) is 29.7 Å². The highest BCUT2D eigenvalue weighted by atomic mass is 35.5. The third kappa shape index (κ3) is 2.42. The van der Waals surface area contributed by atoms with Gasteiger partial charge in [0.2, 0.25) is 0 Å². The van der Waals surface area contributed by atoms with Crippen molar-refractivity contribution in [2.24, 2.45) is 0 Å². The number of rotatable bonds is 2. The van der Waals surface area contributed by atoms with Gasteiger partial charge in [0.15, 0.2) is 5.82 Å². The lowest BCUT2D eigenvalue weighted by atomic mass is 9.86. The highest BCUT2D eigenvalue weighted by Gasteiger charge is 2.51. The smallest absolute Gasteiger partial charge is 0.324 e. The molecule has 0 radical (unpaired) electrons. The molecule has 29 heavy (non-hydrogen) atoms. The fraction of sp³-hybridized carbons (Fsp3) is 0.300. The lowest BCUT2D eigenvalue weighted by Crippen LogP contribution is -2.39. The highest BCUT2D eigenvalue weighted by molar-refractivity contribution is 6.29. The number of hydrogen-bond donors (Lipinski definition) is 2. The monoisotopic (exact) mass is 411 g/mol. The van der Waals surface area contributed by atoms with Gasteiger partial charge in [0.1, 0.15) is 5.15 Å². The van der Waals surface area contributed by atoms with Crippen LogP contribution in [0.1, 0.15) is 40.0 Å². The minimum atomic E-state index is -0.601. The highest BCUT2D eigenvalue weighted by Crippen LogP contribution is 2.53. The molecule has 7 nitrogen and oxygen atoms in total. The Hall–Kier alpha value is -3.00. The van der Waals surface area contributed by atoms with Gasteiger partial charge in [0.05, 0.1) is 11.3 Å². The van der Waals surface area contributed by atoms with Gasteiger partial charge in [-0.05, 0) is 42.9 Å². The molecular formula is C20H15ClFN5O2. The standard InChI is InChI=1S/C20H15ClFN5O2/c21-11-3-6-23-19(26-11)29-18-14(22)12-9(7-24-18)1-2-10-13-16(27-15(10)12)20(4-5-20)8-25-17(13)28/h3,6-7,27H,1-2,4-5,8H2,(H,25,28). The van der Waals surface area contributed by atoms with Gasteiger partial charge >= 0.3 is 6.01 Å². The van der Waals surface area contributed by atoms with Crippen LogP contribution < -0.4 is 10.1 Å². The van der Waals surface area contributed by atoms with Gasteiger partial charge in [-0.3, -0.25) is 4.79 Å². The van der Waals surface area contributed by atoms with Crippen molar-refractivity contribution in [2.75, 3.05) is 6.54 Å². The Morgan fingerprint density at radius 3 is 2.86 bits per heavy atom. The molecule has 1 aliphatic heterocycles. The molecule has 1 spiro atoms. The van der Waals surface area contributed by atoms with Gasteiger partial charge in [0, 0.05) is 35.6 Å². The third-order valence-corrected chi connectivity index (χ3v) is 6.26. The molecule has 9 heteroatoms. The first-order chi connectivity index (χ1) is 14.1. The lowest BCUT2D eigenvalue weighted by Gasteiger charge is -2.23. The molecule has 0 atom stereocenters. The average Bonchev–Trinajstić information content (AvgIpc) is 3.37. The summed E-state index contributed by atoms with van der Waals surface area (Å²) in [4.78, 5) is 28.0. The SMILES string of the molecule is O=C1NCC2(CC2)c2[nH]c3c(c21)CCc1cnc(Oc2nccc(Cl)n2)c(F)c1-3. The van der Waals surface area contributed by atoms with Crippen LogP contribution in [0.15, 0.2) is 18.5 Å². The van der Waals surface area contributed by atoms with Crippen LogP contribution in [0.4, 0.5) is 4.39 Å². The molecule has 1 amide bonds. The van der Waals surface area contributed by atoms with Gasteiger partial charge in [-0.15, -0.1) is 0 Å². The van der Waals surface area contributed by atoms with Crippen LogP contribution in [0.5, 0.6) is 11.9 Å². The van der Waals surface area contributed by atoms with Crippen LogP contribution in [0.3, 0.4) is 0 Å². The predicted molar refractivity (Wildman–Crippen MR) is 102 cm³/mol. The molecule has 4 heterocycles. The summed E-state index contributed by atoms with van der Waals surface area (Å²) in [5.74, 6) is -0.912. The normalized spacial score (nSPS) is 17.9. The van der Waals surface area contributed by atoms with Gasteiger partial charge in [-0.25, -0.2) is 14.4 Å². The Bertz CT molecular complexity index is 1200. The molecule has 2 aliphatic carbocycles. The Morgan fingerprint density at radius 2 is 2.07 bits per heavy atom. The average molecular weight is 412 g/mol. The topological polar surface area (TPSA) is 92.8 Å². The lowest BCUT2D eigenvalue weighted by molar-refractivity contribution is 0.0936. The van der Waals surface area contributed by atoms with Crippen molar-refractivity contribution in [1.29, 1.82) is 0 Å². The predicted octanol–water partition coefficient (Wildman–Crippen LogP) is 3.33. The molecule has 3 aromatic heterocycles. The number of nitrogens with zero attached hydrogens (tertiary/aromatic N) is 3. The molecule has 0 unspecified atom stereocenters. The summed E-state index contributed by atoms with van der Waals surface area (Å²) in [5.41, 5.74) is 4.29. The van der Waals surface area contributed by atoms with Crippen LogP contribution >= 0.6 is 11.6 Å². The van der Waals surface area contributed by atoms with E-state index in [1.54, 1.807) is 6.20 Å². The molecule has 146 valence electrons. The number of aromatic amines is 1. The fourth-order valence-electron chi connectivity index (χ4n) is 4.41. The first kappa shape index (κ1) is 16.9. The van der Waals surface area contributed by atoms with Crippen LogP contribution in [0.2, 0.25) is 5.15 Å². The van der Waals surface area contributed by atoms with E-state index in [9.17, 15) is 4.79 Å². The Balaban J connectivity index is 1.49. The second kappa shape index (κ2) is 5.76. The number of ether oxygens (including phenoxy) is 1. The van der Waals surface area contributed by atoms with Crippen molar-refractivity contribution in [1.82, 2.24) is 25.3 Å². The number of halogens is 2. The number of nitrogens with one attached hydrogen (secondary N) is 2. The zero-order valence-electron chi connectivity index (χ0n) is 15.2. The van der Waals surface area contributed by atoms with Crippen LogP contribution in [-0.2, 0) is 18.3 Å². The van der Waals surface area contributed by atoms with Gasteiger partial charge < -0.3 is 15.0 Å². The molecular weight excluding hydrogens is 397 g/mol. The van der Waals surface area contributed by atoms with Crippen molar-refractivity contribution in [2.45, 2.75) is 31.1 Å². The first-order valence-corrected chi connectivity index (χ1v) is 9.81. The van der Waals surface area contributed by atoms with Crippen molar-refractivity contribution in [3.63, 3.8) is 0 Å². The van der Waals surface area contributed by atoms with E-state index in [-0.39, 0.29) is 28.4 Å². The number of aryl methyl sites for hydroxylation is 1. The second-order valence-electron chi connectivity index (χ2n) is 7.73. The molecule has 3 aliphatic rings. The number of carbonyl (C=O) groups is 1. The summed E-state index contributed by atoms with van der Waals surface area (Å²) in [7, 11) is 0. The number of amides is 1. The molecule has 0 bridgehead atoms. The maximum Gasteiger partial charge on any atom is 0.324 e. The van der Waals surface area contributed by atoms with Crippen molar-refractivity contribution in [3.05, 3.63) is 51.8 Å². The van der Waals surface area contributed by atoms with Crippen molar-refractivity contribution < 1.29 is 13.9 Å². The number of carbonyl (C=O) groups excluding carboxylic acids is 1. The Labute approximate surface area is 169 Å². The van der Waals surface area contributed by atoms with E-state index in [2.05, 4.69) is 25.3 Å². The third-order valence-electron chi connectivity index (χ3n) is 6.05. The second-order valence-corrected chi connectivity index (χ2v) is 8.12. The molecule has 1 fully saturated rings. The summed E-state index contributed by atoms with van der Waals surface area (Å²) >= 11 is 5.85. The number of H-pyrrole nitrogens is 1. The van der Waals surface area contributed by atoms with Gasteiger partial charge in [-0.1, -0.05) is 11.6 Å². The summed E-state index contributed by atoms with van der Waals surface area (Å²) in [5, 5.41) is 3.18. The quantitative estimate of drug-likeness (QED) is 0.631. The summed E-state index contributed by atoms with van der Waals surface area (Å²) in [6.45, 7) is 0.629. The Kier molecular flexibility index (Phi) is 3.36. The van der Waals surface area contributed by atoms with Crippen LogP contribution in [-0.4, -0.2) is 32.4 Å². The summed E-state index contributed by atoms with van der Waals surface area (Å²) in [6.07, 6.45) is 6.33. The van der Waals surface area contributed by atoms with Crippen molar-refractivity contribution >= 4 is 17.5 Å². The molecule has 1 saturated carbocycles. The number of fused-ring (bicyclic) bond motifs is 6. The minimum Gasteiger partial charge on any atom is -0.402 e. The zero-order chi connectivity index (χ0) is 19.8. The largest absolute Gasteiger partial charge is 0.402 e.